The molecular formula is C18H28BNO4. The van der Waals surface area contributed by atoms with Crippen molar-refractivity contribution in [3.63, 3.8) is 0 Å². The van der Waals surface area contributed by atoms with Crippen molar-refractivity contribution in [1.82, 2.24) is 0 Å². The lowest BCUT2D eigenvalue weighted by Gasteiger charge is -2.69. The van der Waals surface area contributed by atoms with Crippen molar-refractivity contribution >= 4 is 18.4 Å². The summed E-state index contributed by atoms with van der Waals surface area (Å²) in [5.41, 5.74) is 0.806. The Hall–Kier alpha value is -1.14. The van der Waals surface area contributed by atoms with E-state index in [0.29, 0.717) is 35.2 Å². The van der Waals surface area contributed by atoms with Gasteiger partial charge in [-0.05, 0) is 30.1 Å². The quantitative estimate of drug-likeness (QED) is 0.617. The molecule has 2 heterocycles. The van der Waals surface area contributed by atoms with Crippen LogP contribution >= 0.6 is 0 Å². The van der Waals surface area contributed by atoms with Gasteiger partial charge in [0, 0.05) is 5.92 Å². The van der Waals surface area contributed by atoms with Crippen LogP contribution in [-0.2, 0) is 14.2 Å². The normalized spacial score (nSPS) is 51.8. The minimum atomic E-state index is -2.58. The van der Waals surface area contributed by atoms with Gasteiger partial charge in [0.15, 0.2) is 5.92 Å². The number of carbonyl (C=O) groups excluding carboxylic acids is 2. The number of ketones is 1. The maximum absolute atomic E-state index is 12.5. The van der Waals surface area contributed by atoms with E-state index in [1.165, 1.54) is 6.42 Å². The summed E-state index contributed by atoms with van der Waals surface area (Å²) in [6.45, 7) is 10.6. The Morgan fingerprint density at radius 2 is 2.04 bits per heavy atom. The first-order valence-corrected chi connectivity index (χ1v) is 9.19. The number of hydrogen-bond donors (Lipinski definition) is 1. The molecule has 5 fully saturated rings. The summed E-state index contributed by atoms with van der Waals surface area (Å²) >= 11 is 0. The number of Topliss-reactive ketones (excluding diaryl/α,β-unsaturated/α-hetero) is 1. The SMILES string of the molecule is C=C(C)[B-]1(O)OC(=O)C2C[N@+]1(C1C[C@@H]3CC([C@H]1C)C3(C)C)CC2=O. The first kappa shape index (κ1) is 16.3. The van der Waals surface area contributed by atoms with Crippen LogP contribution in [0.2, 0.25) is 0 Å². The fourth-order valence-electron chi connectivity index (χ4n) is 6.58. The van der Waals surface area contributed by atoms with Crippen LogP contribution in [0.1, 0.15) is 40.5 Å². The van der Waals surface area contributed by atoms with Crippen LogP contribution in [0.15, 0.2) is 12.1 Å². The monoisotopic (exact) mass is 333 g/mol. The second-order valence-corrected chi connectivity index (χ2v) is 9.47. The zero-order valence-electron chi connectivity index (χ0n) is 15.1. The molecule has 0 radical (unpaired) electrons. The molecule has 5 nitrogen and oxygen atoms in total. The van der Waals surface area contributed by atoms with Gasteiger partial charge in [0.2, 0.25) is 5.78 Å². The van der Waals surface area contributed by atoms with E-state index >= 15 is 0 Å². The molecule has 5 aliphatic rings. The van der Waals surface area contributed by atoms with Crippen molar-refractivity contribution in [2.45, 2.75) is 46.6 Å². The molecule has 3 aliphatic carbocycles. The van der Waals surface area contributed by atoms with E-state index in [1.54, 1.807) is 6.92 Å². The second-order valence-electron chi connectivity index (χ2n) is 9.47. The van der Waals surface area contributed by atoms with E-state index in [9.17, 15) is 14.6 Å². The molecule has 0 spiro atoms. The van der Waals surface area contributed by atoms with Crippen LogP contribution in [-0.4, -0.2) is 47.0 Å². The summed E-state index contributed by atoms with van der Waals surface area (Å²) in [7, 11) is 0. The van der Waals surface area contributed by atoms with Crippen LogP contribution in [0.3, 0.4) is 0 Å². The highest BCUT2D eigenvalue weighted by atomic mass is 16.6. The highest BCUT2D eigenvalue weighted by Crippen LogP contribution is 2.64. The van der Waals surface area contributed by atoms with Crippen LogP contribution in [0.4, 0.5) is 0 Å². The van der Waals surface area contributed by atoms with E-state index in [1.807, 2.05) is 0 Å². The molecule has 4 bridgehead atoms. The Kier molecular flexibility index (Phi) is 3.08. The van der Waals surface area contributed by atoms with E-state index in [-0.39, 0.29) is 22.8 Å². The molecule has 0 amide bonds. The van der Waals surface area contributed by atoms with E-state index in [0.717, 1.165) is 6.42 Å². The summed E-state index contributed by atoms with van der Waals surface area (Å²) in [5, 5.41) is 11.4. The zero-order valence-corrected chi connectivity index (χ0v) is 15.1. The maximum atomic E-state index is 12.5. The number of rotatable bonds is 2. The summed E-state index contributed by atoms with van der Waals surface area (Å²) in [5.74, 6) is 0.264. The zero-order chi connectivity index (χ0) is 17.7. The van der Waals surface area contributed by atoms with Gasteiger partial charge in [-0.3, -0.25) is 9.59 Å². The van der Waals surface area contributed by atoms with Gasteiger partial charge in [0.25, 0.3) is 5.97 Å². The first-order chi connectivity index (χ1) is 11.0. The standard InChI is InChI=1S/C18H28BNO4/c1-10(2)19(23)20(8-13(16(21)9-20)17(22)24-19)15-7-12-6-14(11(15)3)18(12,4)5/h11-15,23H,1,6-9H2,2-5H3/t11-,12+,13?,14?,15?,19?,20-/m1/s1. The Bertz CT molecular complexity index is 661. The van der Waals surface area contributed by atoms with Crippen molar-refractivity contribution < 1.29 is 23.7 Å². The van der Waals surface area contributed by atoms with Crippen molar-refractivity contribution in [3.05, 3.63) is 12.1 Å². The Balaban J connectivity index is 1.79. The molecule has 0 aromatic carbocycles. The smallest absolute Gasteiger partial charge is 0.551 e. The lowest BCUT2D eigenvalue weighted by molar-refractivity contribution is -0.870. The maximum Gasteiger partial charge on any atom is 0.551 e. The van der Waals surface area contributed by atoms with Gasteiger partial charge in [-0.1, -0.05) is 33.2 Å². The number of nitrogens with zero attached hydrogens (tertiary/aromatic N) is 1. The predicted molar refractivity (Wildman–Crippen MR) is 90.3 cm³/mol. The minimum Gasteiger partial charge on any atom is -0.611 e. The van der Waals surface area contributed by atoms with Crippen molar-refractivity contribution in [2.75, 3.05) is 13.1 Å². The average molecular weight is 333 g/mol. The topological polar surface area (TPSA) is 63.6 Å². The highest BCUT2D eigenvalue weighted by Gasteiger charge is 2.70. The highest BCUT2D eigenvalue weighted by molar-refractivity contribution is 6.69. The predicted octanol–water partition coefficient (Wildman–Crippen LogP) is 1.68. The van der Waals surface area contributed by atoms with Crippen LogP contribution in [0.5, 0.6) is 0 Å². The molecule has 4 unspecified atom stereocenters. The van der Waals surface area contributed by atoms with Crippen molar-refractivity contribution in [3.8, 4) is 0 Å². The molecule has 6 heteroatoms. The summed E-state index contributed by atoms with van der Waals surface area (Å²) < 4.78 is 5.75. The van der Waals surface area contributed by atoms with E-state index in [4.69, 9.17) is 4.65 Å². The second kappa shape index (κ2) is 4.53. The third kappa shape index (κ3) is 1.64. The van der Waals surface area contributed by atoms with Gasteiger partial charge in [0.1, 0.15) is 6.54 Å². The lowest BCUT2D eigenvalue weighted by atomic mass is 9.43. The molecule has 132 valence electrons. The van der Waals surface area contributed by atoms with Gasteiger partial charge in [-0.15, -0.1) is 6.58 Å². The molecule has 24 heavy (non-hydrogen) atoms. The molecule has 1 N–H and O–H groups in total. The van der Waals surface area contributed by atoms with Crippen molar-refractivity contribution in [1.29, 1.82) is 0 Å². The van der Waals surface area contributed by atoms with Gasteiger partial charge < -0.3 is 14.1 Å². The minimum absolute atomic E-state index is 0.0789. The van der Waals surface area contributed by atoms with E-state index < -0.39 is 18.6 Å². The number of quaternary nitrogens is 1. The fourth-order valence-corrected chi connectivity index (χ4v) is 6.58. The molecule has 7 atom stereocenters. The van der Waals surface area contributed by atoms with Crippen LogP contribution in [0.25, 0.3) is 0 Å². The van der Waals surface area contributed by atoms with Crippen LogP contribution < -0.4 is 0 Å². The molecule has 2 aliphatic heterocycles. The third-order valence-corrected chi connectivity index (χ3v) is 8.24. The molecule has 5 rings (SSSR count). The first-order valence-electron chi connectivity index (χ1n) is 9.19. The summed E-state index contributed by atoms with van der Waals surface area (Å²) in [4.78, 5) is 24.7. The number of fused-ring (bicyclic) bond motifs is 5. The van der Waals surface area contributed by atoms with Gasteiger partial charge >= 0.3 is 6.69 Å². The number of hydrogen-bond acceptors (Lipinski definition) is 4. The Morgan fingerprint density at radius 1 is 1.38 bits per heavy atom. The lowest BCUT2D eigenvalue weighted by Crippen LogP contribution is -2.80. The molecule has 0 aromatic rings. The summed E-state index contributed by atoms with van der Waals surface area (Å²) in [6.07, 6.45) is 2.22. The molecular weight excluding hydrogens is 305 g/mol. The largest absolute Gasteiger partial charge is 0.611 e. The van der Waals surface area contributed by atoms with Gasteiger partial charge in [0.05, 0.1) is 12.6 Å². The summed E-state index contributed by atoms with van der Waals surface area (Å²) in [6, 6.07) is 0.158. The van der Waals surface area contributed by atoms with Crippen molar-refractivity contribution in [2.24, 2.45) is 29.1 Å². The average Bonchev–Trinajstić information content (AvgIpc) is 2.81. The number of allylic oxidation sites excluding steroid dienone is 1. The molecule has 2 saturated heterocycles. The Morgan fingerprint density at radius 3 is 2.58 bits per heavy atom. The van der Waals surface area contributed by atoms with Gasteiger partial charge in [-0.2, -0.15) is 0 Å². The molecule has 3 saturated carbocycles. The number of carbonyl (C=O) groups is 2. The Labute approximate surface area is 143 Å². The fraction of sp³-hybridized carbons (Fsp3) is 0.778. The molecule has 0 aromatic heterocycles. The van der Waals surface area contributed by atoms with Crippen LogP contribution in [0, 0.1) is 29.1 Å². The van der Waals surface area contributed by atoms with Gasteiger partial charge in [-0.25, -0.2) is 0 Å². The third-order valence-electron chi connectivity index (χ3n) is 8.24. The van der Waals surface area contributed by atoms with E-state index in [2.05, 4.69) is 27.4 Å².